The summed E-state index contributed by atoms with van der Waals surface area (Å²) in [6, 6.07) is 5.53. The Hall–Kier alpha value is -0.610. The molecule has 1 N–H and O–H groups in total. The molecule has 0 amide bonds. The van der Waals surface area contributed by atoms with Crippen molar-refractivity contribution in [2.45, 2.75) is 20.0 Å². The third kappa shape index (κ3) is 3.42. The smallest absolute Gasteiger partial charge is 0.0897 e. The van der Waals surface area contributed by atoms with Gasteiger partial charge in [-0.1, -0.05) is 29.3 Å². The summed E-state index contributed by atoms with van der Waals surface area (Å²) in [5.74, 6) is 0. The zero-order valence-corrected chi connectivity index (χ0v) is 11.7. The average molecular weight is 287 g/mol. The maximum atomic E-state index is 6.08. The third-order valence-electron chi connectivity index (χ3n) is 2.34. The quantitative estimate of drug-likeness (QED) is 0.917. The van der Waals surface area contributed by atoms with Crippen molar-refractivity contribution >= 4 is 34.5 Å². The van der Waals surface area contributed by atoms with Gasteiger partial charge in [0.05, 0.1) is 10.7 Å². The Kier molecular flexibility index (Phi) is 4.40. The predicted octanol–water partition coefficient (Wildman–Crippen LogP) is 4.05. The fourth-order valence-corrected chi connectivity index (χ4v) is 2.65. The number of nitrogens with zero attached hydrogens (tertiary/aromatic N) is 1. The molecule has 1 aromatic carbocycles. The normalized spacial score (nSPS) is 10.8. The molecule has 2 rings (SSSR count). The van der Waals surface area contributed by atoms with Gasteiger partial charge in [0.2, 0.25) is 0 Å². The highest BCUT2D eigenvalue weighted by atomic mass is 35.5. The minimum Gasteiger partial charge on any atom is -0.307 e. The molecule has 2 nitrogen and oxygen atoms in total. The Bertz CT molecular complexity index is 491. The van der Waals surface area contributed by atoms with Crippen molar-refractivity contribution in [1.82, 2.24) is 10.3 Å². The summed E-state index contributed by atoms with van der Waals surface area (Å²) >= 11 is 13.8. The Morgan fingerprint density at radius 2 is 1.94 bits per heavy atom. The number of hydrogen-bond donors (Lipinski definition) is 1. The molecule has 0 spiro atoms. The number of nitrogens with one attached hydrogen (secondary N) is 1. The molecular formula is C12H12Cl2N2S. The molecule has 0 radical (unpaired) electrons. The van der Waals surface area contributed by atoms with E-state index < -0.39 is 0 Å². The fraction of sp³-hybridized carbons (Fsp3) is 0.250. The number of benzene rings is 1. The largest absolute Gasteiger partial charge is 0.307 e. The Labute approximate surface area is 115 Å². The molecule has 0 fully saturated rings. The molecule has 2 aromatic rings. The van der Waals surface area contributed by atoms with Crippen LogP contribution in [0.5, 0.6) is 0 Å². The summed E-state index contributed by atoms with van der Waals surface area (Å²) in [4.78, 5) is 4.38. The number of aromatic nitrogens is 1. The van der Waals surface area contributed by atoms with Crippen molar-refractivity contribution in [2.24, 2.45) is 0 Å². The lowest BCUT2D eigenvalue weighted by Gasteiger charge is -2.07. The number of thiazole rings is 1. The summed E-state index contributed by atoms with van der Waals surface area (Å²) in [7, 11) is 0. The fourth-order valence-electron chi connectivity index (χ4n) is 1.51. The van der Waals surface area contributed by atoms with Gasteiger partial charge in [-0.05, 0) is 19.1 Å². The zero-order valence-electron chi connectivity index (χ0n) is 9.34. The lowest BCUT2D eigenvalue weighted by Crippen LogP contribution is -2.13. The van der Waals surface area contributed by atoms with Crippen LogP contribution in [0.1, 0.15) is 16.3 Å². The van der Waals surface area contributed by atoms with Crippen LogP contribution < -0.4 is 5.32 Å². The van der Waals surface area contributed by atoms with Crippen LogP contribution in [0.25, 0.3) is 0 Å². The molecular weight excluding hydrogens is 275 g/mol. The molecule has 0 bridgehead atoms. The van der Waals surface area contributed by atoms with E-state index in [1.165, 1.54) is 0 Å². The van der Waals surface area contributed by atoms with Gasteiger partial charge < -0.3 is 5.32 Å². The van der Waals surface area contributed by atoms with E-state index in [1.54, 1.807) is 11.3 Å². The molecule has 0 aliphatic rings. The minimum absolute atomic E-state index is 0.648. The summed E-state index contributed by atoms with van der Waals surface area (Å²) in [6.07, 6.45) is 0. The van der Waals surface area contributed by atoms with Gasteiger partial charge in [0, 0.05) is 34.1 Å². The van der Waals surface area contributed by atoms with Crippen LogP contribution in [0.15, 0.2) is 23.6 Å². The highest BCUT2D eigenvalue weighted by Gasteiger charge is 2.05. The number of hydrogen-bond acceptors (Lipinski definition) is 3. The molecule has 17 heavy (non-hydrogen) atoms. The number of halogens is 2. The van der Waals surface area contributed by atoms with Crippen molar-refractivity contribution in [3.63, 3.8) is 0 Å². The van der Waals surface area contributed by atoms with Crippen LogP contribution in [0.2, 0.25) is 10.0 Å². The van der Waals surface area contributed by atoms with Gasteiger partial charge in [-0.15, -0.1) is 11.3 Å². The van der Waals surface area contributed by atoms with E-state index in [1.807, 2.05) is 25.1 Å². The van der Waals surface area contributed by atoms with E-state index in [-0.39, 0.29) is 0 Å². The van der Waals surface area contributed by atoms with Crippen molar-refractivity contribution in [3.8, 4) is 0 Å². The molecule has 0 aliphatic heterocycles. The maximum absolute atomic E-state index is 6.08. The molecule has 5 heteroatoms. The predicted molar refractivity (Wildman–Crippen MR) is 73.9 cm³/mol. The third-order valence-corrected chi connectivity index (χ3v) is 3.87. The van der Waals surface area contributed by atoms with Gasteiger partial charge in [0.15, 0.2) is 0 Å². The van der Waals surface area contributed by atoms with E-state index in [9.17, 15) is 0 Å². The molecule has 0 atom stereocenters. The van der Waals surface area contributed by atoms with E-state index in [2.05, 4.69) is 15.7 Å². The molecule has 0 saturated heterocycles. The summed E-state index contributed by atoms with van der Waals surface area (Å²) < 4.78 is 0. The van der Waals surface area contributed by atoms with Crippen LogP contribution in [-0.2, 0) is 13.1 Å². The molecule has 0 aliphatic carbocycles. The van der Waals surface area contributed by atoms with Gasteiger partial charge in [-0.2, -0.15) is 0 Å². The van der Waals surface area contributed by atoms with E-state index >= 15 is 0 Å². The standard InChI is InChI=1S/C12H12Cl2N2S/c1-8-16-9(7-17-8)5-15-6-10-11(13)3-2-4-12(10)14/h2-4,7,15H,5-6H2,1H3. The van der Waals surface area contributed by atoms with Crippen LogP contribution in [0.3, 0.4) is 0 Å². The lowest BCUT2D eigenvalue weighted by molar-refractivity contribution is 0.682. The lowest BCUT2D eigenvalue weighted by atomic mass is 10.2. The van der Waals surface area contributed by atoms with Crippen LogP contribution in [-0.4, -0.2) is 4.98 Å². The Morgan fingerprint density at radius 3 is 2.53 bits per heavy atom. The average Bonchev–Trinajstić information content (AvgIpc) is 2.69. The van der Waals surface area contributed by atoms with Gasteiger partial charge in [0.1, 0.15) is 0 Å². The molecule has 1 aromatic heterocycles. The molecule has 90 valence electrons. The van der Waals surface area contributed by atoms with Crippen LogP contribution >= 0.6 is 34.5 Å². The van der Waals surface area contributed by atoms with Crippen molar-refractivity contribution < 1.29 is 0 Å². The second kappa shape index (κ2) is 5.83. The Balaban J connectivity index is 1.94. The first-order valence-corrected chi connectivity index (χ1v) is 6.85. The van der Waals surface area contributed by atoms with Gasteiger partial charge >= 0.3 is 0 Å². The maximum Gasteiger partial charge on any atom is 0.0897 e. The van der Waals surface area contributed by atoms with Crippen LogP contribution in [0.4, 0.5) is 0 Å². The first-order valence-electron chi connectivity index (χ1n) is 5.21. The summed E-state index contributed by atoms with van der Waals surface area (Å²) in [6.45, 7) is 3.38. The first-order chi connectivity index (χ1) is 8.16. The van der Waals surface area contributed by atoms with Crippen LogP contribution in [0, 0.1) is 6.92 Å². The highest BCUT2D eigenvalue weighted by Crippen LogP contribution is 2.23. The second-order valence-corrected chi connectivity index (χ2v) is 5.54. The molecule has 1 heterocycles. The first kappa shape index (κ1) is 12.8. The highest BCUT2D eigenvalue weighted by molar-refractivity contribution is 7.09. The van der Waals surface area contributed by atoms with Crippen molar-refractivity contribution in [2.75, 3.05) is 0 Å². The van der Waals surface area contributed by atoms with Gasteiger partial charge in [-0.25, -0.2) is 4.98 Å². The summed E-state index contributed by atoms with van der Waals surface area (Å²) in [5, 5.41) is 7.81. The molecule has 0 saturated carbocycles. The van der Waals surface area contributed by atoms with E-state index in [4.69, 9.17) is 23.2 Å². The minimum atomic E-state index is 0.648. The van der Waals surface area contributed by atoms with Gasteiger partial charge in [-0.3, -0.25) is 0 Å². The Morgan fingerprint density at radius 1 is 1.24 bits per heavy atom. The SMILES string of the molecule is Cc1nc(CNCc2c(Cl)cccc2Cl)cs1. The monoisotopic (exact) mass is 286 g/mol. The van der Waals surface area contributed by atoms with Gasteiger partial charge in [0.25, 0.3) is 0 Å². The number of aryl methyl sites for hydroxylation is 1. The topological polar surface area (TPSA) is 24.9 Å². The van der Waals surface area contributed by atoms with E-state index in [0.717, 1.165) is 22.8 Å². The second-order valence-electron chi connectivity index (χ2n) is 3.66. The number of rotatable bonds is 4. The zero-order chi connectivity index (χ0) is 12.3. The summed E-state index contributed by atoms with van der Waals surface area (Å²) in [5.41, 5.74) is 1.98. The van der Waals surface area contributed by atoms with Crippen molar-refractivity contribution in [1.29, 1.82) is 0 Å². The van der Waals surface area contributed by atoms with Crippen molar-refractivity contribution in [3.05, 3.63) is 49.9 Å². The van der Waals surface area contributed by atoms with E-state index in [0.29, 0.717) is 16.6 Å². The molecule has 0 unspecified atom stereocenters.